The molecule has 1 saturated heterocycles. The van der Waals surface area contributed by atoms with Crippen LogP contribution in [0, 0.1) is 6.92 Å². The summed E-state index contributed by atoms with van der Waals surface area (Å²) in [5.41, 5.74) is -3.32. The lowest BCUT2D eigenvalue weighted by atomic mass is 9.94. The Balaban J connectivity index is 2.19. The Morgan fingerprint density at radius 1 is 1.42 bits per heavy atom. The van der Waals surface area contributed by atoms with Gasteiger partial charge >= 0.3 is 6.18 Å². The molecule has 0 aromatic carbocycles. The second kappa shape index (κ2) is 6.76. The molecule has 24 heavy (non-hydrogen) atoms. The maximum atomic E-state index is 13.4. The Morgan fingerprint density at radius 2 is 2.08 bits per heavy atom. The molecule has 0 aliphatic carbocycles. The number of likely N-dealkylation sites (tertiary alicyclic amines) is 1. The van der Waals surface area contributed by atoms with Gasteiger partial charge in [-0.1, -0.05) is 0 Å². The van der Waals surface area contributed by atoms with Gasteiger partial charge in [0.25, 0.3) is 0 Å². The van der Waals surface area contributed by atoms with Crippen LogP contribution in [0.5, 0.6) is 0 Å². The van der Waals surface area contributed by atoms with Crippen molar-refractivity contribution >= 4 is 5.91 Å². The number of hydrogen-bond acceptors (Lipinski definition) is 4. The molecule has 5 nitrogen and oxygen atoms in total. The van der Waals surface area contributed by atoms with Crippen molar-refractivity contribution in [3.05, 3.63) is 23.7 Å². The van der Waals surface area contributed by atoms with Crippen molar-refractivity contribution in [3.63, 3.8) is 0 Å². The number of amides is 1. The number of piperidine rings is 1. The minimum atomic E-state index is -5.01. The molecule has 0 spiro atoms. The van der Waals surface area contributed by atoms with Crippen LogP contribution >= 0.6 is 0 Å². The van der Waals surface area contributed by atoms with Crippen LogP contribution in [0.25, 0.3) is 0 Å². The first kappa shape index (κ1) is 18.8. The third kappa shape index (κ3) is 3.75. The third-order valence-corrected chi connectivity index (χ3v) is 4.50. The van der Waals surface area contributed by atoms with Crippen LogP contribution < -0.4 is 0 Å². The van der Waals surface area contributed by atoms with E-state index in [4.69, 9.17) is 4.42 Å². The highest BCUT2D eigenvalue weighted by Crippen LogP contribution is 2.42. The number of hydrogen-bond donors (Lipinski definition) is 1. The predicted octanol–water partition coefficient (Wildman–Crippen LogP) is 2.28. The summed E-state index contributed by atoms with van der Waals surface area (Å²) in [7, 11) is 3.74. The number of aliphatic hydroxyl groups is 1. The fourth-order valence-electron chi connectivity index (χ4n) is 2.92. The van der Waals surface area contributed by atoms with Crippen LogP contribution in [0.15, 0.2) is 16.5 Å². The summed E-state index contributed by atoms with van der Waals surface area (Å²) < 4.78 is 45.3. The van der Waals surface area contributed by atoms with Crippen molar-refractivity contribution in [2.45, 2.75) is 44.0 Å². The van der Waals surface area contributed by atoms with E-state index in [0.29, 0.717) is 13.1 Å². The van der Waals surface area contributed by atoms with Gasteiger partial charge in [0.15, 0.2) is 0 Å². The van der Waals surface area contributed by atoms with Gasteiger partial charge in [-0.15, -0.1) is 0 Å². The van der Waals surface area contributed by atoms with Gasteiger partial charge in [0, 0.05) is 19.1 Å². The summed E-state index contributed by atoms with van der Waals surface area (Å²) in [4.78, 5) is 15.8. The average molecular weight is 348 g/mol. The highest BCUT2D eigenvalue weighted by Gasteiger charge is 2.58. The standard InChI is InChI=1S/C16H23F3N2O3/c1-11-6-7-13(24-11)15(23,16(17,18)19)9-14(22)21-8-4-5-12(10-21)20(2)3/h6-7,12,23H,4-5,8-10H2,1-3H3. The van der Waals surface area contributed by atoms with E-state index in [1.54, 1.807) is 0 Å². The van der Waals surface area contributed by atoms with E-state index < -0.39 is 29.9 Å². The Hall–Kier alpha value is -1.54. The molecule has 0 saturated carbocycles. The Bertz CT molecular complexity index is 585. The molecule has 2 atom stereocenters. The van der Waals surface area contributed by atoms with Gasteiger partial charge in [0.2, 0.25) is 11.5 Å². The molecule has 1 N–H and O–H groups in total. The molecule has 1 aromatic heterocycles. The number of furan rings is 1. The summed E-state index contributed by atoms with van der Waals surface area (Å²) in [5.74, 6) is -1.14. The third-order valence-electron chi connectivity index (χ3n) is 4.50. The Morgan fingerprint density at radius 3 is 2.58 bits per heavy atom. The summed E-state index contributed by atoms with van der Waals surface area (Å²) >= 11 is 0. The van der Waals surface area contributed by atoms with Gasteiger partial charge in [0.05, 0.1) is 6.42 Å². The van der Waals surface area contributed by atoms with E-state index in [1.807, 2.05) is 19.0 Å². The zero-order valence-electron chi connectivity index (χ0n) is 14.1. The number of carbonyl (C=O) groups excluding carboxylic acids is 1. The molecule has 2 heterocycles. The van der Waals surface area contributed by atoms with Crippen molar-refractivity contribution in [2.24, 2.45) is 0 Å². The number of likely N-dealkylation sites (N-methyl/N-ethyl adjacent to an activating group) is 1. The Kier molecular flexibility index (Phi) is 5.29. The largest absolute Gasteiger partial charge is 0.463 e. The summed E-state index contributed by atoms with van der Waals surface area (Å²) in [6, 6.07) is 2.50. The van der Waals surface area contributed by atoms with E-state index in [9.17, 15) is 23.1 Å². The molecule has 1 amide bonds. The highest BCUT2D eigenvalue weighted by atomic mass is 19.4. The van der Waals surface area contributed by atoms with E-state index in [1.165, 1.54) is 17.9 Å². The smallest absolute Gasteiger partial charge is 0.425 e. The quantitative estimate of drug-likeness (QED) is 0.907. The number of rotatable bonds is 4. The first-order valence-corrected chi connectivity index (χ1v) is 7.85. The fourth-order valence-corrected chi connectivity index (χ4v) is 2.92. The number of nitrogens with zero attached hydrogens (tertiary/aromatic N) is 2. The molecular formula is C16H23F3N2O3. The number of aryl methyl sites for hydroxylation is 1. The summed E-state index contributed by atoms with van der Waals surface area (Å²) in [6.45, 7) is 2.24. The van der Waals surface area contributed by atoms with E-state index >= 15 is 0 Å². The van der Waals surface area contributed by atoms with Crippen molar-refractivity contribution in [1.82, 2.24) is 9.80 Å². The van der Waals surface area contributed by atoms with Crippen molar-refractivity contribution in [1.29, 1.82) is 0 Å². The molecule has 8 heteroatoms. The van der Waals surface area contributed by atoms with Crippen LogP contribution in [0.2, 0.25) is 0 Å². The summed E-state index contributed by atoms with van der Waals surface area (Å²) in [5, 5.41) is 10.2. The van der Waals surface area contributed by atoms with Gasteiger partial charge in [-0.05, 0) is 46.0 Å². The average Bonchev–Trinajstić information content (AvgIpc) is 2.93. The van der Waals surface area contributed by atoms with Crippen LogP contribution in [-0.4, -0.2) is 60.2 Å². The van der Waals surface area contributed by atoms with E-state index in [-0.39, 0.29) is 11.8 Å². The SMILES string of the molecule is Cc1ccc(C(O)(CC(=O)N2CCCC(N(C)C)C2)C(F)(F)F)o1. The fraction of sp³-hybridized carbons (Fsp3) is 0.688. The van der Waals surface area contributed by atoms with E-state index in [2.05, 4.69) is 0 Å². The number of halogens is 3. The van der Waals surface area contributed by atoms with Gasteiger partial charge in [-0.2, -0.15) is 13.2 Å². The van der Waals surface area contributed by atoms with E-state index in [0.717, 1.165) is 18.9 Å². The normalized spacial score (nSPS) is 21.8. The van der Waals surface area contributed by atoms with Gasteiger partial charge in [-0.3, -0.25) is 4.79 Å². The van der Waals surface area contributed by atoms with Crippen LogP contribution in [0.1, 0.15) is 30.8 Å². The van der Waals surface area contributed by atoms with Crippen molar-refractivity contribution in [2.75, 3.05) is 27.2 Å². The zero-order valence-corrected chi connectivity index (χ0v) is 14.1. The topological polar surface area (TPSA) is 56.9 Å². The molecule has 0 bridgehead atoms. The Labute approximate surface area is 139 Å². The monoisotopic (exact) mass is 348 g/mol. The molecule has 136 valence electrons. The number of alkyl halides is 3. The molecule has 0 radical (unpaired) electrons. The van der Waals surface area contributed by atoms with Crippen molar-refractivity contribution < 1.29 is 27.5 Å². The lowest BCUT2D eigenvalue weighted by Gasteiger charge is -2.37. The molecule has 1 aromatic rings. The predicted molar refractivity (Wildman–Crippen MR) is 81.3 cm³/mol. The van der Waals surface area contributed by atoms with Crippen LogP contribution in [-0.2, 0) is 10.4 Å². The first-order valence-electron chi connectivity index (χ1n) is 7.85. The molecular weight excluding hydrogens is 325 g/mol. The van der Waals surface area contributed by atoms with Gasteiger partial charge in [-0.25, -0.2) is 0 Å². The first-order chi connectivity index (χ1) is 11.0. The van der Waals surface area contributed by atoms with Gasteiger partial charge in [0.1, 0.15) is 11.5 Å². The zero-order chi connectivity index (χ0) is 18.1. The van der Waals surface area contributed by atoms with Crippen LogP contribution in [0.4, 0.5) is 13.2 Å². The minimum Gasteiger partial charge on any atom is -0.463 e. The molecule has 1 fully saturated rings. The second-order valence-electron chi connectivity index (χ2n) is 6.54. The maximum absolute atomic E-state index is 13.4. The summed E-state index contributed by atoms with van der Waals surface area (Å²) in [6.07, 6.45) is -4.48. The maximum Gasteiger partial charge on any atom is 0.425 e. The number of carbonyl (C=O) groups is 1. The van der Waals surface area contributed by atoms with Crippen LogP contribution in [0.3, 0.4) is 0 Å². The minimum absolute atomic E-state index is 0.104. The molecule has 2 rings (SSSR count). The lowest BCUT2D eigenvalue weighted by molar-refractivity contribution is -0.274. The highest BCUT2D eigenvalue weighted by molar-refractivity contribution is 5.77. The molecule has 2 unspecified atom stereocenters. The van der Waals surface area contributed by atoms with Gasteiger partial charge < -0.3 is 19.3 Å². The lowest BCUT2D eigenvalue weighted by Crippen LogP contribution is -2.51. The van der Waals surface area contributed by atoms with Crippen molar-refractivity contribution in [3.8, 4) is 0 Å². The molecule has 1 aliphatic rings. The molecule has 1 aliphatic heterocycles. The second-order valence-corrected chi connectivity index (χ2v) is 6.54.